The van der Waals surface area contributed by atoms with Crippen LogP contribution in [0.4, 0.5) is 5.69 Å². The number of aryl methyl sites for hydroxylation is 2. The SMILES string of the molecule is Cc1ccc2nc(-c3ccc(Cl)c(NC(=O)C=Cc4ccc(-c5ccc(C)c(Cl)c5)o4)c3)oc2c1. The largest absolute Gasteiger partial charge is 0.457 e. The van der Waals surface area contributed by atoms with E-state index in [2.05, 4.69) is 10.3 Å². The monoisotopic (exact) mass is 502 g/mol. The summed E-state index contributed by atoms with van der Waals surface area (Å²) in [7, 11) is 0. The van der Waals surface area contributed by atoms with E-state index in [1.807, 2.05) is 56.3 Å². The zero-order chi connectivity index (χ0) is 24.5. The second-order valence-corrected chi connectivity index (χ2v) is 8.99. The highest BCUT2D eigenvalue weighted by atomic mass is 35.5. The molecule has 5 nitrogen and oxygen atoms in total. The van der Waals surface area contributed by atoms with Gasteiger partial charge < -0.3 is 14.2 Å². The Labute approximate surface area is 212 Å². The highest BCUT2D eigenvalue weighted by Gasteiger charge is 2.12. The number of anilines is 1. The van der Waals surface area contributed by atoms with Crippen LogP contribution in [0.5, 0.6) is 0 Å². The topological polar surface area (TPSA) is 68.3 Å². The van der Waals surface area contributed by atoms with Crippen molar-refractivity contribution < 1.29 is 13.6 Å². The van der Waals surface area contributed by atoms with E-state index in [0.29, 0.717) is 44.3 Å². The Morgan fingerprint density at radius 2 is 1.71 bits per heavy atom. The standard InChI is InChI=1S/C28H20Cl2N2O3/c1-16-3-10-23-26(13-16)35-28(32-23)19-6-9-21(29)24(15-19)31-27(33)12-8-20-7-11-25(34-20)18-5-4-17(2)22(30)14-18/h3-15H,1-2H3,(H,31,33). The summed E-state index contributed by atoms with van der Waals surface area (Å²) in [6, 6.07) is 20.4. The van der Waals surface area contributed by atoms with E-state index in [1.165, 1.54) is 6.08 Å². The molecule has 5 rings (SSSR count). The summed E-state index contributed by atoms with van der Waals surface area (Å²) in [4.78, 5) is 17.1. The zero-order valence-corrected chi connectivity index (χ0v) is 20.4. The molecule has 0 aliphatic carbocycles. The molecule has 7 heteroatoms. The number of hydrogen-bond acceptors (Lipinski definition) is 4. The summed E-state index contributed by atoms with van der Waals surface area (Å²) in [6.45, 7) is 3.93. The average Bonchev–Trinajstić information content (AvgIpc) is 3.48. The maximum atomic E-state index is 12.6. The van der Waals surface area contributed by atoms with Crippen molar-refractivity contribution in [3.63, 3.8) is 0 Å². The molecule has 0 aliphatic heterocycles. The first-order valence-corrected chi connectivity index (χ1v) is 11.6. The minimum atomic E-state index is -0.353. The van der Waals surface area contributed by atoms with E-state index in [1.54, 1.807) is 30.3 Å². The molecule has 2 heterocycles. The van der Waals surface area contributed by atoms with Crippen molar-refractivity contribution in [3.8, 4) is 22.8 Å². The van der Waals surface area contributed by atoms with Gasteiger partial charge in [0.2, 0.25) is 11.8 Å². The van der Waals surface area contributed by atoms with Crippen LogP contribution in [0.15, 0.2) is 81.6 Å². The van der Waals surface area contributed by atoms with Gasteiger partial charge in [-0.3, -0.25) is 4.79 Å². The Kier molecular flexibility index (Phi) is 6.20. The molecule has 0 unspecified atom stereocenters. The number of carbonyl (C=O) groups is 1. The van der Waals surface area contributed by atoms with E-state index >= 15 is 0 Å². The molecule has 0 atom stereocenters. The van der Waals surface area contributed by atoms with Crippen molar-refractivity contribution in [2.45, 2.75) is 13.8 Å². The smallest absolute Gasteiger partial charge is 0.248 e. The summed E-state index contributed by atoms with van der Waals surface area (Å²) in [5.41, 5.74) is 5.56. The van der Waals surface area contributed by atoms with E-state index in [0.717, 1.165) is 22.2 Å². The Morgan fingerprint density at radius 1 is 0.886 bits per heavy atom. The highest BCUT2D eigenvalue weighted by Crippen LogP contribution is 2.31. The number of rotatable bonds is 5. The van der Waals surface area contributed by atoms with Crippen LogP contribution in [-0.2, 0) is 4.79 Å². The van der Waals surface area contributed by atoms with E-state index in [-0.39, 0.29) is 5.91 Å². The van der Waals surface area contributed by atoms with Crippen LogP contribution in [0.2, 0.25) is 10.0 Å². The second-order valence-electron chi connectivity index (χ2n) is 8.17. The van der Waals surface area contributed by atoms with Crippen molar-refractivity contribution in [2.24, 2.45) is 0 Å². The van der Waals surface area contributed by atoms with E-state index in [4.69, 9.17) is 32.0 Å². The summed E-state index contributed by atoms with van der Waals surface area (Å²) in [6.07, 6.45) is 2.98. The van der Waals surface area contributed by atoms with Gasteiger partial charge in [0.25, 0.3) is 0 Å². The molecule has 0 fully saturated rings. The van der Waals surface area contributed by atoms with Crippen LogP contribution in [-0.4, -0.2) is 10.9 Å². The van der Waals surface area contributed by atoms with Gasteiger partial charge in [-0.2, -0.15) is 0 Å². The van der Waals surface area contributed by atoms with Crippen molar-refractivity contribution in [2.75, 3.05) is 5.32 Å². The Morgan fingerprint density at radius 3 is 2.54 bits per heavy atom. The number of hydrogen-bond donors (Lipinski definition) is 1. The van der Waals surface area contributed by atoms with Gasteiger partial charge in [-0.1, -0.05) is 41.4 Å². The molecule has 3 aromatic carbocycles. The summed E-state index contributed by atoms with van der Waals surface area (Å²) < 4.78 is 11.7. The minimum absolute atomic E-state index is 0.353. The summed E-state index contributed by atoms with van der Waals surface area (Å²) in [5.74, 6) is 1.30. The fourth-order valence-electron chi connectivity index (χ4n) is 3.59. The maximum Gasteiger partial charge on any atom is 0.248 e. The third kappa shape index (κ3) is 5.02. The second kappa shape index (κ2) is 9.45. The molecule has 2 aromatic heterocycles. The number of halogens is 2. The first-order chi connectivity index (χ1) is 16.9. The number of nitrogens with zero attached hydrogens (tertiary/aromatic N) is 1. The molecule has 1 N–H and O–H groups in total. The summed E-state index contributed by atoms with van der Waals surface area (Å²) in [5, 5.41) is 3.87. The zero-order valence-electron chi connectivity index (χ0n) is 18.9. The van der Waals surface area contributed by atoms with Crippen LogP contribution in [0, 0.1) is 13.8 Å². The lowest BCUT2D eigenvalue weighted by Crippen LogP contribution is -2.08. The van der Waals surface area contributed by atoms with Gasteiger partial charge in [-0.15, -0.1) is 0 Å². The number of benzene rings is 3. The Hall–Kier alpha value is -3.80. The molecular formula is C28H20Cl2N2O3. The number of carbonyl (C=O) groups excluding carboxylic acids is 1. The van der Waals surface area contributed by atoms with Crippen LogP contribution in [0.3, 0.4) is 0 Å². The third-order valence-electron chi connectivity index (χ3n) is 5.50. The number of amides is 1. The molecule has 0 spiro atoms. The Balaban J connectivity index is 1.31. The van der Waals surface area contributed by atoms with Gasteiger partial charge >= 0.3 is 0 Å². The maximum absolute atomic E-state index is 12.6. The molecular weight excluding hydrogens is 483 g/mol. The van der Waals surface area contributed by atoms with Crippen LogP contribution in [0.1, 0.15) is 16.9 Å². The fraction of sp³-hybridized carbons (Fsp3) is 0.0714. The van der Waals surface area contributed by atoms with Gasteiger partial charge in [0, 0.05) is 22.2 Å². The molecule has 1 amide bonds. The molecule has 174 valence electrons. The fourth-order valence-corrected chi connectivity index (χ4v) is 3.93. The van der Waals surface area contributed by atoms with Gasteiger partial charge in [0.15, 0.2) is 5.58 Å². The molecule has 35 heavy (non-hydrogen) atoms. The normalized spacial score (nSPS) is 11.4. The number of oxazole rings is 1. The molecule has 0 radical (unpaired) electrons. The third-order valence-corrected chi connectivity index (χ3v) is 6.23. The molecule has 5 aromatic rings. The number of nitrogens with one attached hydrogen (secondary N) is 1. The minimum Gasteiger partial charge on any atom is -0.457 e. The van der Waals surface area contributed by atoms with E-state index < -0.39 is 0 Å². The lowest BCUT2D eigenvalue weighted by Gasteiger charge is -2.06. The number of furan rings is 1. The predicted octanol–water partition coefficient (Wildman–Crippen LogP) is 8.33. The Bertz CT molecular complexity index is 1600. The van der Waals surface area contributed by atoms with Crippen LogP contribution < -0.4 is 5.32 Å². The highest BCUT2D eigenvalue weighted by molar-refractivity contribution is 6.34. The van der Waals surface area contributed by atoms with Crippen molar-refractivity contribution >= 4 is 52.0 Å². The number of fused-ring (bicyclic) bond motifs is 1. The number of aromatic nitrogens is 1. The molecule has 0 saturated heterocycles. The summed E-state index contributed by atoms with van der Waals surface area (Å²) >= 11 is 12.5. The lowest BCUT2D eigenvalue weighted by atomic mass is 10.1. The first-order valence-electron chi connectivity index (χ1n) is 10.9. The lowest BCUT2D eigenvalue weighted by molar-refractivity contribution is -0.111. The van der Waals surface area contributed by atoms with Gasteiger partial charge in [-0.25, -0.2) is 4.98 Å². The van der Waals surface area contributed by atoms with Crippen molar-refractivity contribution in [1.29, 1.82) is 0 Å². The average molecular weight is 503 g/mol. The van der Waals surface area contributed by atoms with Gasteiger partial charge in [0.1, 0.15) is 17.0 Å². The van der Waals surface area contributed by atoms with E-state index in [9.17, 15) is 4.79 Å². The molecule has 0 saturated carbocycles. The van der Waals surface area contributed by atoms with Crippen molar-refractivity contribution in [1.82, 2.24) is 4.98 Å². The first kappa shape index (κ1) is 23.0. The van der Waals surface area contributed by atoms with Crippen molar-refractivity contribution in [3.05, 3.63) is 99.7 Å². The van der Waals surface area contributed by atoms with Crippen LogP contribution >= 0.6 is 23.2 Å². The predicted molar refractivity (Wildman–Crippen MR) is 141 cm³/mol. The van der Waals surface area contributed by atoms with Gasteiger partial charge in [-0.05, 0) is 79.6 Å². The van der Waals surface area contributed by atoms with Crippen LogP contribution in [0.25, 0.3) is 40.0 Å². The van der Waals surface area contributed by atoms with Gasteiger partial charge in [0.05, 0.1) is 10.7 Å². The quantitative estimate of drug-likeness (QED) is 0.245. The molecule has 0 aliphatic rings. The molecule has 0 bridgehead atoms.